The van der Waals surface area contributed by atoms with Crippen molar-refractivity contribution in [3.05, 3.63) is 35.0 Å². The summed E-state index contributed by atoms with van der Waals surface area (Å²) in [5.41, 5.74) is 0.852. The Morgan fingerprint density at radius 3 is 2.37 bits per heavy atom. The number of aromatic nitrogens is 2. The lowest BCUT2D eigenvalue weighted by Gasteiger charge is -2.24. The Labute approximate surface area is 206 Å². The van der Waals surface area contributed by atoms with Gasteiger partial charge in [0.05, 0.1) is 20.3 Å². The van der Waals surface area contributed by atoms with Gasteiger partial charge in [-0.15, -0.1) is 0 Å². The van der Waals surface area contributed by atoms with Gasteiger partial charge in [0.25, 0.3) is 0 Å². The number of nitriles is 1. The fraction of sp³-hybridized carbons (Fsp3) is 0.500. The smallest absolute Gasteiger partial charge is 0.410 e. The molecular formula is C26H33N5O4. The van der Waals surface area contributed by atoms with Crippen molar-refractivity contribution in [1.29, 1.82) is 5.26 Å². The van der Waals surface area contributed by atoms with Gasteiger partial charge in [-0.25, -0.2) is 9.48 Å². The van der Waals surface area contributed by atoms with E-state index in [9.17, 15) is 10.1 Å². The van der Waals surface area contributed by atoms with E-state index in [0.29, 0.717) is 53.6 Å². The SMILES string of the molecule is COc1cc(C#Cc2nn(C3CCN(C(=O)OC(C)(C)C)C3)c(NC(C)C)c2C#N)cc(OC)c1. The van der Waals surface area contributed by atoms with E-state index < -0.39 is 5.60 Å². The van der Waals surface area contributed by atoms with Gasteiger partial charge in [-0.2, -0.15) is 10.4 Å². The summed E-state index contributed by atoms with van der Waals surface area (Å²) in [6.07, 6.45) is 0.344. The highest BCUT2D eigenvalue weighted by atomic mass is 16.6. The van der Waals surface area contributed by atoms with Gasteiger partial charge in [0.15, 0.2) is 5.69 Å². The topological polar surface area (TPSA) is 102 Å². The second kappa shape index (κ2) is 10.6. The Kier molecular flexibility index (Phi) is 7.81. The lowest BCUT2D eigenvalue weighted by molar-refractivity contribution is 0.0288. The highest BCUT2D eigenvalue weighted by Gasteiger charge is 2.33. The molecule has 3 rings (SSSR count). The predicted octanol–water partition coefficient (Wildman–Crippen LogP) is 4.17. The minimum absolute atomic E-state index is 0.0735. The molecule has 1 aliphatic rings. The van der Waals surface area contributed by atoms with Crippen LogP contribution in [-0.2, 0) is 4.74 Å². The molecule has 1 unspecified atom stereocenters. The quantitative estimate of drug-likeness (QED) is 0.642. The van der Waals surface area contributed by atoms with Gasteiger partial charge in [0.2, 0.25) is 0 Å². The number of hydrogen-bond acceptors (Lipinski definition) is 7. The van der Waals surface area contributed by atoms with Crippen molar-refractivity contribution < 1.29 is 19.0 Å². The summed E-state index contributed by atoms with van der Waals surface area (Å²) in [5, 5.41) is 18.0. The molecule has 1 aromatic heterocycles. The zero-order chi connectivity index (χ0) is 25.8. The van der Waals surface area contributed by atoms with Crippen LogP contribution in [-0.4, -0.2) is 59.7 Å². The van der Waals surface area contributed by atoms with Crippen molar-refractivity contribution in [3.63, 3.8) is 0 Å². The Bertz CT molecular complexity index is 1160. The lowest BCUT2D eigenvalue weighted by atomic mass is 10.1. The molecule has 0 saturated carbocycles. The maximum absolute atomic E-state index is 12.6. The summed E-state index contributed by atoms with van der Waals surface area (Å²) in [5.74, 6) is 7.96. The average molecular weight is 480 g/mol. The van der Waals surface area contributed by atoms with Crippen molar-refractivity contribution >= 4 is 11.9 Å². The van der Waals surface area contributed by atoms with E-state index >= 15 is 0 Å². The van der Waals surface area contributed by atoms with Crippen LogP contribution in [0.5, 0.6) is 11.5 Å². The highest BCUT2D eigenvalue weighted by molar-refractivity contribution is 5.68. The van der Waals surface area contributed by atoms with Crippen molar-refractivity contribution in [2.45, 2.75) is 58.7 Å². The summed E-state index contributed by atoms with van der Waals surface area (Å²) < 4.78 is 17.9. The number of hydrogen-bond donors (Lipinski definition) is 1. The molecule has 9 nitrogen and oxygen atoms in total. The Balaban J connectivity index is 1.96. The Morgan fingerprint density at radius 1 is 1.17 bits per heavy atom. The first-order chi connectivity index (χ1) is 16.5. The number of carbonyl (C=O) groups excluding carboxylic acids is 1. The number of anilines is 1. The second-order valence-corrected chi connectivity index (χ2v) is 9.65. The second-order valence-electron chi connectivity index (χ2n) is 9.65. The van der Waals surface area contributed by atoms with E-state index in [4.69, 9.17) is 19.3 Å². The highest BCUT2D eigenvalue weighted by Crippen LogP contribution is 2.30. The van der Waals surface area contributed by atoms with E-state index in [1.54, 1.807) is 42.0 Å². The molecule has 1 fully saturated rings. The fourth-order valence-corrected chi connectivity index (χ4v) is 3.75. The van der Waals surface area contributed by atoms with Gasteiger partial charge in [-0.05, 0) is 59.1 Å². The maximum atomic E-state index is 12.6. The molecule has 1 N–H and O–H groups in total. The molecule has 0 spiro atoms. The molecule has 2 heterocycles. The predicted molar refractivity (Wildman–Crippen MR) is 133 cm³/mol. The number of carbonyl (C=O) groups is 1. The van der Waals surface area contributed by atoms with Crippen molar-refractivity contribution in [2.24, 2.45) is 0 Å². The van der Waals surface area contributed by atoms with Gasteiger partial charge in [-0.1, -0.05) is 5.92 Å². The van der Waals surface area contributed by atoms with Crippen LogP contribution in [0.25, 0.3) is 0 Å². The first-order valence-electron chi connectivity index (χ1n) is 11.6. The van der Waals surface area contributed by atoms with Gasteiger partial charge >= 0.3 is 6.09 Å². The van der Waals surface area contributed by atoms with Crippen LogP contribution in [0.3, 0.4) is 0 Å². The van der Waals surface area contributed by atoms with E-state index in [0.717, 1.165) is 0 Å². The van der Waals surface area contributed by atoms with Crippen molar-refractivity contribution in [3.8, 4) is 29.4 Å². The average Bonchev–Trinajstić information content (AvgIpc) is 3.40. The lowest BCUT2D eigenvalue weighted by Crippen LogP contribution is -2.35. The largest absolute Gasteiger partial charge is 0.497 e. The van der Waals surface area contributed by atoms with Crippen LogP contribution in [0.15, 0.2) is 18.2 Å². The number of nitrogens with one attached hydrogen (secondary N) is 1. The maximum Gasteiger partial charge on any atom is 0.410 e. The van der Waals surface area contributed by atoms with Crippen LogP contribution in [0.1, 0.15) is 63.9 Å². The van der Waals surface area contributed by atoms with Crippen LogP contribution in [0.2, 0.25) is 0 Å². The summed E-state index contributed by atoms with van der Waals surface area (Å²) in [6.45, 7) is 10.5. The molecule has 1 atom stereocenters. The first-order valence-corrected chi connectivity index (χ1v) is 11.6. The van der Waals surface area contributed by atoms with Gasteiger partial charge in [-0.3, -0.25) is 0 Å². The molecule has 1 saturated heterocycles. The zero-order valence-electron chi connectivity index (χ0n) is 21.4. The van der Waals surface area contributed by atoms with Gasteiger partial charge in [0.1, 0.15) is 34.6 Å². The van der Waals surface area contributed by atoms with Gasteiger partial charge < -0.3 is 24.4 Å². The molecule has 1 aliphatic heterocycles. The van der Waals surface area contributed by atoms with E-state index in [-0.39, 0.29) is 18.2 Å². The molecule has 1 amide bonds. The van der Waals surface area contributed by atoms with Crippen LogP contribution in [0.4, 0.5) is 10.6 Å². The van der Waals surface area contributed by atoms with Crippen LogP contribution in [0, 0.1) is 23.2 Å². The fourth-order valence-electron chi connectivity index (χ4n) is 3.75. The monoisotopic (exact) mass is 479 g/mol. The number of likely N-dealkylation sites (tertiary alicyclic amines) is 1. The van der Waals surface area contributed by atoms with Crippen molar-refractivity contribution in [1.82, 2.24) is 14.7 Å². The molecule has 0 aliphatic carbocycles. The molecule has 0 radical (unpaired) electrons. The third kappa shape index (κ3) is 6.39. The molecule has 9 heteroatoms. The molecule has 35 heavy (non-hydrogen) atoms. The number of methoxy groups -OCH3 is 2. The third-order valence-corrected chi connectivity index (χ3v) is 5.29. The van der Waals surface area contributed by atoms with E-state index in [1.165, 1.54) is 0 Å². The molecule has 0 bridgehead atoms. The van der Waals surface area contributed by atoms with Crippen LogP contribution >= 0.6 is 0 Å². The Hall–Kier alpha value is -3.85. The van der Waals surface area contributed by atoms with Crippen LogP contribution < -0.4 is 14.8 Å². The number of amides is 1. The Morgan fingerprint density at radius 2 is 1.83 bits per heavy atom. The standard InChI is InChI=1S/C26H33N5O4/c1-17(2)28-24-22(15-27)23(9-8-18-12-20(33-6)14-21(13-18)34-7)29-31(24)19-10-11-30(16-19)25(32)35-26(3,4)5/h12-14,17,19,28H,10-11,16H2,1-7H3. The molecule has 2 aromatic rings. The zero-order valence-corrected chi connectivity index (χ0v) is 21.4. The normalized spacial score (nSPS) is 15.3. The number of rotatable bonds is 5. The minimum atomic E-state index is -0.565. The summed E-state index contributed by atoms with van der Waals surface area (Å²) in [4.78, 5) is 14.2. The number of nitrogens with zero attached hydrogens (tertiary/aromatic N) is 4. The first kappa shape index (κ1) is 25.8. The van der Waals surface area contributed by atoms with E-state index in [1.807, 2.05) is 34.6 Å². The summed E-state index contributed by atoms with van der Waals surface area (Å²) >= 11 is 0. The van der Waals surface area contributed by atoms with Gasteiger partial charge in [0, 0.05) is 30.8 Å². The van der Waals surface area contributed by atoms with E-state index in [2.05, 4.69) is 23.2 Å². The minimum Gasteiger partial charge on any atom is -0.497 e. The molecule has 1 aromatic carbocycles. The number of ether oxygens (including phenoxy) is 3. The summed E-state index contributed by atoms with van der Waals surface area (Å²) in [7, 11) is 3.15. The number of benzene rings is 1. The third-order valence-electron chi connectivity index (χ3n) is 5.29. The molecular weight excluding hydrogens is 446 g/mol. The molecule has 186 valence electrons. The summed E-state index contributed by atoms with van der Waals surface area (Å²) in [6, 6.07) is 7.57. The van der Waals surface area contributed by atoms with Crippen molar-refractivity contribution in [2.75, 3.05) is 32.6 Å².